The molecule has 0 saturated carbocycles. The molecule has 1 aliphatic heterocycles. The molecular weight excluding hydrogens is 434 g/mol. The molecule has 0 aromatic heterocycles. The fraction of sp³-hybridized carbons (Fsp3) is 0.185. The number of nitrogens with zero attached hydrogens (tertiary/aromatic N) is 1. The Balaban J connectivity index is 1.87. The molecule has 1 amide bonds. The Bertz CT molecular complexity index is 1230. The van der Waals surface area contributed by atoms with Crippen LogP contribution in [0, 0.1) is 0 Å². The summed E-state index contributed by atoms with van der Waals surface area (Å²) < 4.78 is 10.7. The van der Waals surface area contributed by atoms with E-state index in [0.717, 1.165) is 5.56 Å². The first-order valence-electron chi connectivity index (χ1n) is 10.9. The van der Waals surface area contributed by atoms with E-state index in [9.17, 15) is 19.8 Å². The number of aliphatic hydroxyl groups is 1. The number of phenolic OH excluding ortho intramolecular Hbond substituents is 1. The number of aliphatic hydroxyl groups excluding tert-OH is 1. The minimum Gasteiger partial charge on any atom is -0.507 e. The number of Topliss-reactive ketones (excluding diaryl/α,β-unsaturated/α-hetero) is 1. The van der Waals surface area contributed by atoms with Crippen LogP contribution in [0.5, 0.6) is 17.2 Å². The van der Waals surface area contributed by atoms with E-state index in [1.807, 2.05) is 30.3 Å². The number of carbonyl (C=O) groups excluding carboxylic acids is 2. The van der Waals surface area contributed by atoms with Crippen molar-refractivity contribution in [1.29, 1.82) is 0 Å². The van der Waals surface area contributed by atoms with Gasteiger partial charge < -0.3 is 24.6 Å². The molecule has 3 aromatic carbocycles. The van der Waals surface area contributed by atoms with E-state index in [1.54, 1.807) is 43.3 Å². The van der Waals surface area contributed by atoms with Crippen molar-refractivity contribution in [3.63, 3.8) is 0 Å². The molecule has 2 N–H and O–H groups in total. The Hall–Kier alpha value is -4.26. The van der Waals surface area contributed by atoms with Crippen molar-refractivity contribution in [2.24, 2.45) is 0 Å². The molecular formula is C27H25NO6. The summed E-state index contributed by atoms with van der Waals surface area (Å²) in [4.78, 5) is 27.8. The summed E-state index contributed by atoms with van der Waals surface area (Å²) in [5.41, 5.74) is 1.72. The van der Waals surface area contributed by atoms with E-state index in [0.29, 0.717) is 23.5 Å². The molecule has 1 fully saturated rings. The lowest BCUT2D eigenvalue weighted by molar-refractivity contribution is -0.140. The van der Waals surface area contributed by atoms with Gasteiger partial charge in [-0.15, -0.1) is 0 Å². The fourth-order valence-corrected chi connectivity index (χ4v) is 4.05. The molecule has 0 spiro atoms. The van der Waals surface area contributed by atoms with E-state index < -0.39 is 17.7 Å². The Labute approximate surface area is 197 Å². The van der Waals surface area contributed by atoms with E-state index >= 15 is 0 Å². The van der Waals surface area contributed by atoms with Crippen LogP contribution in [0.2, 0.25) is 0 Å². The summed E-state index contributed by atoms with van der Waals surface area (Å²) in [5.74, 6) is -1.00. The second-order valence-corrected chi connectivity index (χ2v) is 7.80. The van der Waals surface area contributed by atoms with E-state index in [2.05, 4.69) is 0 Å². The monoisotopic (exact) mass is 459 g/mol. The van der Waals surface area contributed by atoms with Crippen LogP contribution in [0.3, 0.4) is 0 Å². The van der Waals surface area contributed by atoms with Gasteiger partial charge in [0.2, 0.25) is 0 Å². The highest BCUT2D eigenvalue weighted by molar-refractivity contribution is 6.46. The number of hydrogen-bond acceptors (Lipinski definition) is 6. The zero-order valence-electron chi connectivity index (χ0n) is 18.9. The lowest BCUT2D eigenvalue weighted by atomic mass is 9.94. The largest absolute Gasteiger partial charge is 0.507 e. The van der Waals surface area contributed by atoms with Crippen LogP contribution in [0.15, 0.2) is 78.4 Å². The van der Waals surface area contributed by atoms with Crippen molar-refractivity contribution in [2.45, 2.75) is 19.5 Å². The highest BCUT2D eigenvalue weighted by Gasteiger charge is 2.46. The Morgan fingerprint density at radius 3 is 2.35 bits per heavy atom. The lowest BCUT2D eigenvalue weighted by Gasteiger charge is -2.26. The van der Waals surface area contributed by atoms with Gasteiger partial charge in [0.15, 0.2) is 11.5 Å². The van der Waals surface area contributed by atoms with E-state index in [-0.39, 0.29) is 29.4 Å². The molecule has 174 valence electrons. The van der Waals surface area contributed by atoms with Crippen molar-refractivity contribution in [2.75, 3.05) is 13.7 Å². The zero-order chi connectivity index (χ0) is 24.2. The number of hydrogen-bond donors (Lipinski definition) is 2. The first-order valence-corrected chi connectivity index (χ1v) is 10.9. The summed E-state index contributed by atoms with van der Waals surface area (Å²) in [6, 6.07) is 19.7. The van der Waals surface area contributed by atoms with Gasteiger partial charge in [-0.25, -0.2) is 0 Å². The molecule has 1 aliphatic rings. The van der Waals surface area contributed by atoms with Crippen molar-refractivity contribution in [1.82, 2.24) is 4.90 Å². The summed E-state index contributed by atoms with van der Waals surface area (Å²) in [6.07, 6.45) is 0. The fourth-order valence-electron chi connectivity index (χ4n) is 4.05. The summed E-state index contributed by atoms with van der Waals surface area (Å²) in [6.45, 7) is 2.28. The third kappa shape index (κ3) is 4.32. The van der Waals surface area contributed by atoms with Crippen LogP contribution >= 0.6 is 0 Å². The van der Waals surface area contributed by atoms with Crippen LogP contribution in [0.25, 0.3) is 5.76 Å². The first-order chi connectivity index (χ1) is 16.4. The molecule has 0 bridgehead atoms. The molecule has 1 atom stereocenters. The predicted octanol–water partition coefficient (Wildman–Crippen LogP) is 4.42. The topological polar surface area (TPSA) is 96.3 Å². The lowest BCUT2D eigenvalue weighted by Crippen LogP contribution is -2.29. The number of ketones is 1. The molecule has 1 unspecified atom stereocenters. The molecule has 4 rings (SSSR count). The number of aromatic hydroxyl groups is 1. The van der Waals surface area contributed by atoms with Crippen molar-refractivity contribution >= 4 is 17.4 Å². The number of carbonyl (C=O) groups is 2. The normalized spacial score (nSPS) is 17.1. The number of amides is 1. The van der Waals surface area contributed by atoms with Crippen LogP contribution in [0.1, 0.15) is 29.7 Å². The number of phenols is 1. The van der Waals surface area contributed by atoms with Gasteiger partial charge in [0.25, 0.3) is 11.7 Å². The second-order valence-electron chi connectivity index (χ2n) is 7.80. The minimum atomic E-state index is -0.873. The maximum atomic E-state index is 13.2. The predicted molar refractivity (Wildman–Crippen MR) is 127 cm³/mol. The molecule has 7 heteroatoms. The third-order valence-electron chi connectivity index (χ3n) is 5.70. The van der Waals surface area contributed by atoms with Crippen LogP contribution in [-0.4, -0.2) is 40.5 Å². The average molecular weight is 459 g/mol. The van der Waals surface area contributed by atoms with Gasteiger partial charge in [0.1, 0.15) is 11.5 Å². The van der Waals surface area contributed by atoms with E-state index in [4.69, 9.17) is 9.47 Å². The quantitative estimate of drug-likeness (QED) is 0.308. The average Bonchev–Trinajstić information content (AvgIpc) is 3.10. The molecule has 0 aliphatic carbocycles. The summed E-state index contributed by atoms with van der Waals surface area (Å²) in [7, 11) is 1.53. The number of ether oxygens (including phenoxy) is 2. The molecule has 0 radical (unpaired) electrons. The Morgan fingerprint density at radius 2 is 1.71 bits per heavy atom. The highest BCUT2D eigenvalue weighted by Crippen LogP contribution is 2.42. The number of likely N-dealkylation sites (tertiary alicyclic amines) is 1. The smallest absolute Gasteiger partial charge is 0.295 e. The van der Waals surface area contributed by atoms with Crippen LogP contribution in [0.4, 0.5) is 0 Å². The third-order valence-corrected chi connectivity index (χ3v) is 5.70. The van der Waals surface area contributed by atoms with Gasteiger partial charge in [-0.1, -0.05) is 36.4 Å². The van der Waals surface area contributed by atoms with Gasteiger partial charge in [-0.05, 0) is 54.4 Å². The minimum absolute atomic E-state index is 0.0285. The van der Waals surface area contributed by atoms with Crippen molar-refractivity contribution in [3.05, 3.63) is 95.1 Å². The van der Waals surface area contributed by atoms with E-state index in [1.165, 1.54) is 18.1 Å². The Morgan fingerprint density at radius 1 is 1.00 bits per heavy atom. The molecule has 34 heavy (non-hydrogen) atoms. The van der Waals surface area contributed by atoms with Crippen molar-refractivity contribution < 1.29 is 29.3 Å². The molecule has 3 aromatic rings. The SMILES string of the molecule is CCOc1cc(C2C(=C(O)c3ccc(OC)cc3)C(=O)C(=O)N2Cc2ccccc2)ccc1O. The van der Waals surface area contributed by atoms with Gasteiger partial charge >= 0.3 is 0 Å². The molecule has 1 saturated heterocycles. The molecule has 7 nitrogen and oxygen atoms in total. The molecule has 1 heterocycles. The number of methoxy groups -OCH3 is 1. The number of benzene rings is 3. The summed E-state index contributed by atoms with van der Waals surface area (Å²) in [5, 5.41) is 21.3. The Kier molecular flexibility index (Phi) is 6.54. The summed E-state index contributed by atoms with van der Waals surface area (Å²) >= 11 is 0. The van der Waals surface area contributed by atoms with Crippen LogP contribution < -0.4 is 9.47 Å². The highest BCUT2D eigenvalue weighted by atomic mass is 16.5. The van der Waals surface area contributed by atoms with Gasteiger partial charge in [0, 0.05) is 12.1 Å². The first kappa shape index (κ1) is 22.9. The van der Waals surface area contributed by atoms with Gasteiger partial charge in [-0.3, -0.25) is 9.59 Å². The maximum absolute atomic E-state index is 13.2. The number of rotatable bonds is 7. The second kappa shape index (κ2) is 9.70. The zero-order valence-corrected chi connectivity index (χ0v) is 18.9. The van der Waals surface area contributed by atoms with Gasteiger partial charge in [0.05, 0.1) is 25.3 Å². The van der Waals surface area contributed by atoms with Gasteiger partial charge in [-0.2, -0.15) is 0 Å². The maximum Gasteiger partial charge on any atom is 0.295 e. The van der Waals surface area contributed by atoms with Crippen LogP contribution in [-0.2, 0) is 16.1 Å². The van der Waals surface area contributed by atoms with Crippen molar-refractivity contribution in [3.8, 4) is 17.2 Å². The standard InChI is InChI=1S/C27H25NO6/c1-3-34-22-15-19(11-14-21(22)29)24-23(25(30)18-9-12-20(33-2)13-10-18)26(31)27(32)28(24)16-17-7-5-4-6-8-17/h4-15,24,29-30H,3,16H2,1-2H3.